The Bertz CT molecular complexity index is 328. The fraction of sp³-hybridized carbons (Fsp3) is 0.571. The van der Waals surface area contributed by atoms with Gasteiger partial charge in [0.05, 0.1) is 5.57 Å². The summed E-state index contributed by atoms with van der Waals surface area (Å²) in [6.07, 6.45) is 0. The predicted octanol–water partition coefficient (Wildman–Crippen LogP) is -0.0983. The van der Waals surface area contributed by atoms with Gasteiger partial charge in [0.2, 0.25) is 16.0 Å². The number of hydrogen-bond acceptors (Lipinski definition) is 4. The molecule has 0 bridgehead atoms. The van der Waals surface area contributed by atoms with E-state index < -0.39 is 28.7 Å². The van der Waals surface area contributed by atoms with Crippen molar-refractivity contribution >= 4 is 16.0 Å². The van der Waals surface area contributed by atoms with Crippen LogP contribution in [0, 0.1) is 0 Å². The van der Waals surface area contributed by atoms with Gasteiger partial charge in [-0.3, -0.25) is 0 Å². The Hall–Kier alpha value is -1.02. The largest absolute Gasteiger partial charge is 0.461 e. The van der Waals surface area contributed by atoms with Crippen LogP contribution in [0.3, 0.4) is 0 Å². The molecule has 88 valence electrons. The maximum atomic E-state index is 11.8. The van der Waals surface area contributed by atoms with Crippen LogP contribution in [0.5, 0.6) is 0 Å². The second kappa shape index (κ2) is 6.46. The molecule has 0 heterocycles. The van der Waals surface area contributed by atoms with Crippen LogP contribution in [0.15, 0.2) is 12.2 Å². The van der Waals surface area contributed by atoms with Gasteiger partial charge in [-0.25, -0.2) is 26.7 Å². The molecule has 8 heteroatoms. The highest BCUT2D eigenvalue weighted by Crippen LogP contribution is 1.94. The maximum absolute atomic E-state index is 11.8. The van der Waals surface area contributed by atoms with Crippen molar-refractivity contribution in [3.63, 3.8) is 0 Å². The van der Waals surface area contributed by atoms with Crippen molar-refractivity contribution in [2.75, 3.05) is 25.8 Å². The van der Waals surface area contributed by atoms with Crippen LogP contribution in [-0.2, 0) is 19.6 Å². The Morgan fingerprint density at radius 3 is 2.47 bits per heavy atom. The minimum absolute atomic E-state index is 0.266. The molecule has 0 saturated carbocycles. The van der Waals surface area contributed by atoms with Crippen molar-refractivity contribution in [1.29, 1.82) is 0 Å². The van der Waals surface area contributed by atoms with Crippen molar-refractivity contribution < 1.29 is 26.7 Å². The van der Waals surface area contributed by atoms with E-state index in [2.05, 4.69) is 11.3 Å². The zero-order valence-electron chi connectivity index (χ0n) is 7.83. The van der Waals surface area contributed by atoms with Gasteiger partial charge in [0.25, 0.3) is 0 Å². The van der Waals surface area contributed by atoms with Gasteiger partial charge in [-0.2, -0.15) is 0 Å². The highest BCUT2D eigenvalue weighted by atomic mass is 32.2. The molecule has 0 atom stereocenters. The molecule has 0 amide bonds. The van der Waals surface area contributed by atoms with Gasteiger partial charge < -0.3 is 4.74 Å². The molecular weight excluding hydrogens is 232 g/mol. The monoisotopic (exact) mass is 243 g/mol. The van der Waals surface area contributed by atoms with Crippen LogP contribution in [0.4, 0.5) is 8.78 Å². The summed E-state index contributed by atoms with van der Waals surface area (Å²) in [6, 6.07) is -1.54. The quantitative estimate of drug-likeness (QED) is 0.385. The summed E-state index contributed by atoms with van der Waals surface area (Å²) in [7, 11) is -3.95. The topological polar surface area (TPSA) is 72.5 Å². The van der Waals surface area contributed by atoms with Crippen molar-refractivity contribution in [3.05, 3.63) is 12.2 Å². The fourth-order valence-corrected chi connectivity index (χ4v) is 1.01. The molecule has 5 nitrogen and oxygen atoms in total. The van der Waals surface area contributed by atoms with Gasteiger partial charge in [0, 0.05) is 6.54 Å². The Labute approximate surface area is 86.2 Å². The van der Waals surface area contributed by atoms with Crippen LogP contribution in [0.1, 0.15) is 0 Å². The van der Waals surface area contributed by atoms with Crippen LogP contribution < -0.4 is 4.72 Å². The number of hydrogen-bond donors (Lipinski definition) is 1. The minimum atomic E-state index is -3.95. The van der Waals surface area contributed by atoms with E-state index >= 15 is 0 Å². The third-order valence-corrected chi connectivity index (χ3v) is 2.18. The van der Waals surface area contributed by atoms with Gasteiger partial charge >= 0.3 is 5.97 Å². The summed E-state index contributed by atoms with van der Waals surface area (Å²) in [5, 5.41) is 0. The highest BCUT2D eigenvalue weighted by molar-refractivity contribution is 7.89. The van der Waals surface area contributed by atoms with E-state index in [1.54, 1.807) is 0 Å². The van der Waals surface area contributed by atoms with E-state index in [1.165, 1.54) is 0 Å². The maximum Gasteiger partial charge on any atom is 0.336 e. The van der Waals surface area contributed by atoms with Gasteiger partial charge in [-0.15, -0.1) is 0 Å². The molecule has 1 N–H and O–H groups in total. The van der Waals surface area contributed by atoms with Crippen LogP contribution in [0.25, 0.3) is 0 Å². The minimum Gasteiger partial charge on any atom is -0.461 e. The zero-order valence-corrected chi connectivity index (χ0v) is 8.65. The number of carbonyl (C=O) groups excluding carboxylic acids is 1. The van der Waals surface area contributed by atoms with Crippen LogP contribution in [-0.4, -0.2) is 40.2 Å². The lowest BCUT2D eigenvalue weighted by molar-refractivity contribution is -0.139. The molecule has 0 aliphatic carbocycles. The Morgan fingerprint density at radius 1 is 1.40 bits per heavy atom. The first-order valence-electron chi connectivity index (χ1n) is 3.87. The number of carbonyl (C=O) groups is 1. The third kappa shape index (κ3) is 6.13. The lowest BCUT2D eigenvalue weighted by Gasteiger charge is -2.05. The molecule has 0 unspecified atom stereocenters. The molecule has 0 aliphatic heterocycles. The summed E-state index contributed by atoms with van der Waals surface area (Å²) >= 11 is 0. The Kier molecular flexibility index (Phi) is 6.02. The standard InChI is InChI=1S/C7H11F2NO4S/c1-6(4-8)7(11)14-3-2-10-15(12,13)5-9/h10H,1-5H2. The zero-order chi connectivity index (χ0) is 11.9. The molecule has 0 rings (SSSR count). The normalized spacial score (nSPS) is 11.1. The first-order valence-corrected chi connectivity index (χ1v) is 5.52. The number of rotatable bonds is 7. The molecular formula is C7H11F2NO4S. The summed E-state index contributed by atoms with van der Waals surface area (Å²) in [4.78, 5) is 10.8. The SMILES string of the molecule is C=C(CF)C(=O)OCCNS(=O)(=O)CF. The third-order valence-electron chi connectivity index (χ3n) is 1.25. The smallest absolute Gasteiger partial charge is 0.336 e. The summed E-state index contributed by atoms with van der Waals surface area (Å²) in [5.74, 6) is -0.947. The second-order valence-electron chi connectivity index (χ2n) is 2.49. The molecule has 0 aromatic carbocycles. The van der Waals surface area contributed by atoms with Gasteiger partial charge in [0.15, 0.2) is 0 Å². The van der Waals surface area contributed by atoms with E-state index in [-0.39, 0.29) is 18.7 Å². The van der Waals surface area contributed by atoms with E-state index in [4.69, 9.17) is 0 Å². The number of nitrogens with one attached hydrogen (secondary N) is 1. The lowest BCUT2D eigenvalue weighted by Crippen LogP contribution is -2.29. The predicted molar refractivity (Wildman–Crippen MR) is 49.0 cm³/mol. The van der Waals surface area contributed by atoms with Crippen LogP contribution >= 0.6 is 0 Å². The molecule has 0 aromatic rings. The number of ether oxygens (including phenoxy) is 1. The van der Waals surface area contributed by atoms with Crippen molar-refractivity contribution in [2.45, 2.75) is 0 Å². The van der Waals surface area contributed by atoms with E-state index in [0.29, 0.717) is 0 Å². The Balaban J connectivity index is 3.73. The lowest BCUT2D eigenvalue weighted by atomic mass is 10.3. The summed E-state index contributed by atoms with van der Waals surface area (Å²) in [5.41, 5.74) is -0.358. The average Bonchev–Trinajstić information content (AvgIpc) is 2.22. The molecule has 0 saturated heterocycles. The average molecular weight is 243 g/mol. The van der Waals surface area contributed by atoms with E-state index in [0.717, 1.165) is 0 Å². The van der Waals surface area contributed by atoms with Gasteiger partial charge in [0.1, 0.15) is 13.3 Å². The first kappa shape index (κ1) is 14.0. The fourth-order valence-electron chi connectivity index (χ4n) is 0.536. The first-order chi connectivity index (χ1) is 6.93. The molecule has 15 heavy (non-hydrogen) atoms. The summed E-state index contributed by atoms with van der Waals surface area (Å²) < 4.78 is 50.8. The van der Waals surface area contributed by atoms with Crippen molar-refractivity contribution in [2.24, 2.45) is 0 Å². The molecule has 0 fully saturated rings. The van der Waals surface area contributed by atoms with E-state index in [9.17, 15) is 22.0 Å². The molecule has 0 aromatic heterocycles. The van der Waals surface area contributed by atoms with E-state index in [1.807, 2.05) is 4.72 Å². The van der Waals surface area contributed by atoms with Gasteiger partial charge in [-0.1, -0.05) is 6.58 Å². The second-order valence-corrected chi connectivity index (χ2v) is 4.23. The summed E-state index contributed by atoms with van der Waals surface area (Å²) in [6.45, 7) is 1.46. The van der Waals surface area contributed by atoms with Crippen molar-refractivity contribution in [1.82, 2.24) is 4.72 Å². The molecule has 0 aliphatic rings. The Morgan fingerprint density at radius 2 is 2.00 bits per heavy atom. The number of alkyl halides is 2. The molecule has 0 radical (unpaired) electrons. The number of halogens is 2. The number of sulfonamides is 1. The van der Waals surface area contributed by atoms with Gasteiger partial charge in [-0.05, 0) is 0 Å². The number of esters is 1. The highest BCUT2D eigenvalue weighted by Gasteiger charge is 2.10. The van der Waals surface area contributed by atoms with Crippen LogP contribution in [0.2, 0.25) is 0 Å². The molecule has 0 spiro atoms. The van der Waals surface area contributed by atoms with Crippen molar-refractivity contribution in [3.8, 4) is 0 Å².